The minimum Gasteiger partial charge on any atom is -0.322 e. The summed E-state index contributed by atoms with van der Waals surface area (Å²) in [5, 5.41) is 0. The minimum absolute atomic E-state index is 0.265. The molecule has 0 radical (unpaired) electrons. The van der Waals surface area contributed by atoms with Crippen LogP contribution in [0.2, 0.25) is 0 Å². The van der Waals surface area contributed by atoms with E-state index in [0.717, 1.165) is 31.1 Å². The van der Waals surface area contributed by atoms with Gasteiger partial charge in [-0.2, -0.15) is 0 Å². The maximum atomic E-state index is 10.4. The van der Waals surface area contributed by atoms with E-state index < -0.39 is 0 Å². The Hall–Kier alpha value is -0.410. The van der Waals surface area contributed by atoms with Gasteiger partial charge in [0.15, 0.2) is 0 Å². The quantitative estimate of drug-likeness (QED) is 0.741. The lowest BCUT2D eigenvalue weighted by molar-refractivity contribution is -0.109. The summed E-state index contributed by atoms with van der Waals surface area (Å²) >= 11 is 0. The van der Waals surface area contributed by atoms with Gasteiger partial charge >= 0.3 is 0 Å². The van der Waals surface area contributed by atoms with Crippen LogP contribution in [0.15, 0.2) is 0 Å². The fraction of sp³-hybridized carbons (Fsp3) is 0.929. The number of nitrogens with two attached hydrogens (primary N) is 1. The minimum atomic E-state index is -0.265. The number of hydrogen-bond acceptors (Lipinski definition) is 3. The van der Waals surface area contributed by atoms with Crippen LogP contribution in [0.5, 0.6) is 0 Å². The number of aldehydes is 1. The van der Waals surface area contributed by atoms with Gasteiger partial charge in [0.05, 0.1) is 6.04 Å². The van der Waals surface area contributed by atoms with Crippen LogP contribution in [-0.4, -0.2) is 36.9 Å². The van der Waals surface area contributed by atoms with Crippen molar-refractivity contribution in [2.75, 3.05) is 19.6 Å². The normalized spacial score (nSPS) is 29.5. The summed E-state index contributed by atoms with van der Waals surface area (Å²) in [6.07, 6.45) is 5.92. The van der Waals surface area contributed by atoms with E-state index in [2.05, 4.69) is 18.7 Å². The molecule has 1 saturated carbocycles. The van der Waals surface area contributed by atoms with Crippen molar-refractivity contribution < 1.29 is 4.79 Å². The molecule has 17 heavy (non-hydrogen) atoms. The molecule has 2 unspecified atom stereocenters. The van der Waals surface area contributed by atoms with E-state index in [1.807, 2.05) is 0 Å². The summed E-state index contributed by atoms with van der Waals surface area (Å²) in [6, 6.07) is -0.265. The Kier molecular flexibility index (Phi) is 3.88. The molecule has 1 heterocycles. The van der Waals surface area contributed by atoms with Gasteiger partial charge in [0.2, 0.25) is 0 Å². The zero-order chi connectivity index (χ0) is 12.5. The molecule has 0 amide bonds. The summed E-state index contributed by atoms with van der Waals surface area (Å²) in [7, 11) is 0. The standard InChI is InChI=1S/C14H26N2O/c1-11(2)12-3-5-14(7-12)9-16(10-14)6-4-13(15)8-17/h8,11-13H,3-7,9-10,15H2,1-2H3. The maximum Gasteiger partial charge on any atom is 0.136 e. The van der Waals surface area contributed by atoms with Crippen LogP contribution in [0.3, 0.4) is 0 Å². The van der Waals surface area contributed by atoms with Crippen molar-refractivity contribution in [1.82, 2.24) is 4.90 Å². The van der Waals surface area contributed by atoms with Crippen LogP contribution in [-0.2, 0) is 4.79 Å². The second-order valence-electron chi connectivity index (χ2n) is 6.55. The zero-order valence-electron chi connectivity index (χ0n) is 11.2. The van der Waals surface area contributed by atoms with E-state index in [-0.39, 0.29) is 6.04 Å². The molecule has 98 valence electrons. The van der Waals surface area contributed by atoms with Gasteiger partial charge in [-0.1, -0.05) is 13.8 Å². The number of carbonyl (C=O) groups excluding carboxylic acids is 1. The number of likely N-dealkylation sites (tertiary alicyclic amines) is 1. The molecule has 2 aliphatic rings. The Balaban J connectivity index is 1.70. The molecule has 1 saturated heterocycles. The van der Waals surface area contributed by atoms with Crippen LogP contribution >= 0.6 is 0 Å². The predicted molar refractivity (Wildman–Crippen MR) is 69.7 cm³/mol. The van der Waals surface area contributed by atoms with E-state index in [0.29, 0.717) is 5.41 Å². The van der Waals surface area contributed by atoms with Gasteiger partial charge in [0.1, 0.15) is 6.29 Å². The third kappa shape index (κ3) is 2.89. The molecule has 1 aliphatic heterocycles. The molecule has 3 heteroatoms. The SMILES string of the molecule is CC(C)C1CCC2(C1)CN(CCC(N)C=O)C2. The van der Waals surface area contributed by atoms with Gasteiger partial charge in [-0.25, -0.2) is 0 Å². The van der Waals surface area contributed by atoms with Crippen LogP contribution < -0.4 is 5.73 Å². The molecule has 0 aromatic rings. The highest BCUT2D eigenvalue weighted by Gasteiger charge is 2.47. The van der Waals surface area contributed by atoms with Crippen molar-refractivity contribution in [2.45, 2.75) is 45.6 Å². The van der Waals surface area contributed by atoms with E-state index >= 15 is 0 Å². The number of rotatable bonds is 5. The summed E-state index contributed by atoms with van der Waals surface area (Å²) in [5.41, 5.74) is 6.24. The summed E-state index contributed by atoms with van der Waals surface area (Å²) in [6.45, 7) is 8.17. The maximum absolute atomic E-state index is 10.4. The van der Waals surface area contributed by atoms with Crippen molar-refractivity contribution in [2.24, 2.45) is 23.0 Å². The van der Waals surface area contributed by atoms with Gasteiger partial charge in [-0.15, -0.1) is 0 Å². The topological polar surface area (TPSA) is 46.3 Å². The molecule has 2 N–H and O–H groups in total. The second-order valence-corrected chi connectivity index (χ2v) is 6.55. The van der Waals surface area contributed by atoms with Crippen molar-refractivity contribution >= 4 is 6.29 Å². The Morgan fingerprint density at radius 3 is 2.71 bits per heavy atom. The van der Waals surface area contributed by atoms with Crippen LogP contribution in [0.25, 0.3) is 0 Å². The summed E-state index contributed by atoms with van der Waals surface area (Å²) in [4.78, 5) is 12.9. The fourth-order valence-electron chi connectivity index (χ4n) is 3.57. The van der Waals surface area contributed by atoms with Crippen LogP contribution in [0, 0.1) is 17.3 Å². The van der Waals surface area contributed by atoms with E-state index in [1.54, 1.807) is 0 Å². The average Bonchev–Trinajstić information content (AvgIpc) is 2.69. The second kappa shape index (κ2) is 5.07. The Morgan fingerprint density at radius 2 is 2.18 bits per heavy atom. The Morgan fingerprint density at radius 1 is 1.47 bits per heavy atom. The van der Waals surface area contributed by atoms with Crippen LogP contribution in [0.4, 0.5) is 0 Å². The molecule has 2 fully saturated rings. The Labute approximate surface area is 105 Å². The molecular weight excluding hydrogens is 212 g/mol. The van der Waals surface area contributed by atoms with Gasteiger partial charge in [0, 0.05) is 19.6 Å². The highest BCUT2D eigenvalue weighted by Crippen LogP contribution is 2.50. The third-order valence-corrected chi connectivity index (χ3v) is 4.75. The molecular formula is C14H26N2O. The van der Waals surface area contributed by atoms with Gasteiger partial charge < -0.3 is 15.4 Å². The molecule has 0 bridgehead atoms. The van der Waals surface area contributed by atoms with Crippen molar-refractivity contribution in [3.8, 4) is 0 Å². The third-order valence-electron chi connectivity index (χ3n) is 4.75. The first kappa shape index (κ1) is 13.0. The molecule has 2 atom stereocenters. The molecule has 3 nitrogen and oxygen atoms in total. The van der Waals surface area contributed by atoms with Gasteiger partial charge in [0.25, 0.3) is 0 Å². The lowest BCUT2D eigenvalue weighted by Gasteiger charge is -2.49. The molecule has 2 rings (SSSR count). The lowest BCUT2D eigenvalue weighted by atomic mass is 9.76. The van der Waals surface area contributed by atoms with E-state index in [4.69, 9.17) is 5.73 Å². The first-order chi connectivity index (χ1) is 8.04. The smallest absolute Gasteiger partial charge is 0.136 e. The van der Waals surface area contributed by atoms with Crippen molar-refractivity contribution in [3.63, 3.8) is 0 Å². The Bertz CT molecular complexity index is 271. The van der Waals surface area contributed by atoms with Crippen molar-refractivity contribution in [1.29, 1.82) is 0 Å². The van der Waals surface area contributed by atoms with Gasteiger partial charge in [-0.3, -0.25) is 0 Å². The monoisotopic (exact) mass is 238 g/mol. The molecule has 0 aromatic heterocycles. The zero-order valence-corrected chi connectivity index (χ0v) is 11.2. The summed E-state index contributed by atoms with van der Waals surface area (Å²) < 4.78 is 0. The van der Waals surface area contributed by atoms with Gasteiger partial charge in [-0.05, 0) is 42.9 Å². The largest absolute Gasteiger partial charge is 0.322 e. The highest BCUT2D eigenvalue weighted by atomic mass is 16.1. The molecule has 1 aliphatic carbocycles. The first-order valence-electron chi connectivity index (χ1n) is 6.98. The number of nitrogens with zero attached hydrogens (tertiary/aromatic N) is 1. The lowest BCUT2D eigenvalue weighted by Crippen LogP contribution is -2.55. The number of carbonyl (C=O) groups is 1. The van der Waals surface area contributed by atoms with E-state index in [1.165, 1.54) is 32.4 Å². The van der Waals surface area contributed by atoms with Crippen molar-refractivity contribution in [3.05, 3.63) is 0 Å². The average molecular weight is 238 g/mol. The predicted octanol–water partition coefficient (Wildman–Crippen LogP) is 1.66. The van der Waals surface area contributed by atoms with E-state index in [9.17, 15) is 4.79 Å². The summed E-state index contributed by atoms with van der Waals surface area (Å²) in [5.74, 6) is 1.78. The molecule has 0 aromatic carbocycles. The number of hydrogen-bond donors (Lipinski definition) is 1. The fourth-order valence-corrected chi connectivity index (χ4v) is 3.57. The molecule has 1 spiro atoms. The first-order valence-corrected chi connectivity index (χ1v) is 6.98. The van der Waals surface area contributed by atoms with Crippen LogP contribution in [0.1, 0.15) is 39.5 Å². The highest BCUT2D eigenvalue weighted by molar-refractivity contribution is 5.56.